The molecule has 1 aromatic rings. The lowest BCUT2D eigenvalue weighted by atomic mass is 9.96. The predicted octanol–water partition coefficient (Wildman–Crippen LogP) is 1.68. The van der Waals surface area contributed by atoms with Gasteiger partial charge in [-0.3, -0.25) is 9.69 Å². The van der Waals surface area contributed by atoms with Crippen molar-refractivity contribution < 1.29 is 23.4 Å². The summed E-state index contributed by atoms with van der Waals surface area (Å²) in [5, 5.41) is 9.75. The van der Waals surface area contributed by atoms with Crippen LogP contribution in [0.25, 0.3) is 0 Å². The fraction of sp³-hybridized carbons (Fsp3) is 0.650. The summed E-state index contributed by atoms with van der Waals surface area (Å²) in [5.41, 5.74) is 0.331. The average molecular weight is 382 g/mol. The molecule has 0 aliphatic carbocycles. The first kappa shape index (κ1) is 20.2. The van der Waals surface area contributed by atoms with Gasteiger partial charge in [0.25, 0.3) is 0 Å². The number of morpholine rings is 1. The second-order valence-electron chi connectivity index (χ2n) is 7.93. The molecule has 1 aromatic carbocycles. The standard InChI is InChI=1S/C20H28F2N2O3/c1-13-7-23(8-14(2)27-13)9-16-10-24(11-17(16)12-25)20(26)5-15-3-18(21)6-19(22)4-15/h3-4,6,13-14,16-17,25H,5,7-12H2,1-2H3/t13-,14+,16-,17-/m0/s1. The Morgan fingerprint density at radius 1 is 1.07 bits per heavy atom. The van der Waals surface area contributed by atoms with Crippen molar-refractivity contribution in [2.75, 3.05) is 39.3 Å². The third-order valence-corrected chi connectivity index (χ3v) is 5.43. The first-order valence-corrected chi connectivity index (χ1v) is 9.55. The number of aliphatic hydroxyl groups excluding tert-OH is 1. The molecule has 2 heterocycles. The fourth-order valence-corrected chi connectivity index (χ4v) is 4.32. The predicted molar refractivity (Wildman–Crippen MR) is 97.2 cm³/mol. The van der Waals surface area contributed by atoms with Crippen LogP contribution in [0.4, 0.5) is 8.78 Å². The highest BCUT2D eigenvalue weighted by Crippen LogP contribution is 2.26. The molecule has 3 rings (SSSR count). The number of carbonyl (C=O) groups excluding carboxylic acids is 1. The number of hydrogen-bond acceptors (Lipinski definition) is 4. The van der Waals surface area contributed by atoms with E-state index in [1.807, 2.05) is 0 Å². The Bertz CT molecular complexity index is 642. The van der Waals surface area contributed by atoms with Crippen LogP contribution < -0.4 is 0 Å². The quantitative estimate of drug-likeness (QED) is 0.842. The number of likely N-dealkylation sites (tertiary alicyclic amines) is 1. The molecule has 150 valence electrons. The summed E-state index contributed by atoms with van der Waals surface area (Å²) >= 11 is 0. The Kier molecular flexibility index (Phi) is 6.44. The van der Waals surface area contributed by atoms with Gasteiger partial charge >= 0.3 is 0 Å². The molecular formula is C20H28F2N2O3. The Morgan fingerprint density at radius 3 is 2.26 bits per heavy atom. The Morgan fingerprint density at radius 2 is 1.67 bits per heavy atom. The van der Waals surface area contributed by atoms with Crippen molar-refractivity contribution in [3.8, 4) is 0 Å². The molecule has 4 atom stereocenters. The van der Waals surface area contributed by atoms with Crippen LogP contribution in [-0.2, 0) is 16.0 Å². The number of aliphatic hydroxyl groups is 1. The van der Waals surface area contributed by atoms with Gasteiger partial charge in [-0.15, -0.1) is 0 Å². The van der Waals surface area contributed by atoms with Gasteiger partial charge in [0.15, 0.2) is 0 Å². The maximum absolute atomic E-state index is 13.3. The lowest BCUT2D eigenvalue weighted by Gasteiger charge is -2.37. The zero-order valence-corrected chi connectivity index (χ0v) is 15.9. The molecule has 2 saturated heterocycles. The normalized spacial score (nSPS) is 29.3. The van der Waals surface area contributed by atoms with Gasteiger partial charge in [0.05, 0.1) is 18.6 Å². The number of hydrogen-bond donors (Lipinski definition) is 1. The molecular weight excluding hydrogens is 354 g/mol. The molecule has 27 heavy (non-hydrogen) atoms. The average Bonchev–Trinajstić information content (AvgIpc) is 2.96. The summed E-state index contributed by atoms with van der Waals surface area (Å²) in [7, 11) is 0. The molecule has 0 unspecified atom stereocenters. The van der Waals surface area contributed by atoms with E-state index in [1.54, 1.807) is 4.90 Å². The van der Waals surface area contributed by atoms with Gasteiger partial charge < -0.3 is 14.7 Å². The Balaban J connectivity index is 1.60. The molecule has 1 amide bonds. The summed E-state index contributed by atoms with van der Waals surface area (Å²) in [5.74, 6) is -1.32. The van der Waals surface area contributed by atoms with Crippen molar-refractivity contribution >= 4 is 5.91 Å². The lowest BCUT2D eigenvalue weighted by molar-refractivity contribution is -0.129. The van der Waals surface area contributed by atoms with Crippen LogP contribution in [0.5, 0.6) is 0 Å². The van der Waals surface area contributed by atoms with E-state index in [9.17, 15) is 18.7 Å². The minimum atomic E-state index is -0.680. The third-order valence-electron chi connectivity index (χ3n) is 5.43. The number of halogens is 2. The van der Waals surface area contributed by atoms with Crippen molar-refractivity contribution in [2.45, 2.75) is 32.5 Å². The summed E-state index contributed by atoms with van der Waals surface area (Å²) < 4.78 is 32.5. The summed E-state index contributed by atoms with van der Waals surface area (Å²) in [6.07, 6.45) is 0.303. The molecule has 1 N–H and O–H groups in total. The highest BCUT2D eigenvalue weighted by molar-refractivity contribution is 5.79. The molecule has 0 spiro atoms. The first-order chi connectivity index (χ1) is 12.8. The van der Waals surface area contributed by atoms with Gasteiger partial charge in [-0.2, -0.15) is 0 Å². The zero-order valence-electron chi connectivity index (χ0n) is 15.9. The highest BCUT2D eigenvalue weighted by Gasteiger charge is 2.36. The largest absolute Gasteiger partial charge is 0.396 e. The van der Waals surface area contributed by atoms with Gasteiger partial charge in [-0.05, 0) is 37.5 Å². The van der Waals surface area contributed by atoms with E-state index in [0.717, 1.165) is 25.7 Å². The minimum absolute atomic E-state index is 0.0200. The highest BCUT2D eigenvalue weighted by atomic mass is 19.1. The van der Waals surface area contributed by atoms with E-state index in [0.29, 0.717) is 18.7 Å². The van der Waals surface area contributed by atoms with Gasteiger partial charge in [0.1, 0.15) is 11.6 Å². The molecule has 2 aliphatic rings. The lowest BCUT2D eigenvalue weighted by Crippen LogP contribution is -2.48. The number of ether oxygens (including phenoxy) is 1. The SMILES string of the molecule is C[C@@H]1CN(C[C@H]2CN(C(=O)Cc3cc(F)cc(F)c3)C[C@H]2CO)C[C@H](C)O1. The Hall–Kier alpha value is -1.57. The van der Waals surface area contributed by atoms with Crippen molar-refractivity contribution in [1.29, 1.82) is 0 Å². The second kappa shape index (κ2) is 8.63. The van der Waals surface area contributed by atoms with Crippen LogP contribution in [0.1, 0.15) is 19.4 Å². The van der Waals surface area contributed by atoms with Crippen LogP contribution >= 0.6 is 0 Å². The molecule has 5 nitrogen and oxygen atoms in total. The van der Waals surface area contributed by atoms with Crippen molar-refractivity contribution in [3.63, 3.8) is 0 Å². The number of nitrogens with zero attached hydrogens (tertiary/aromatic N) is 2. The van der Waals surface area contributed by atoms with Crippen LogP contribution in [0.15, 0.2) is 18.2 Å². The molecule has 2 aliphatic heterocycles. The van der Waals surface area contributed by atoms with Gasteiger partial charge in [0, 0.05) is 51.3 Å². The number of carbonyl (C=O) groups is 1. The smallest absolute Gasteiger partial charge is 0.227 e. The fourth-order valence-electron chi connectivity index (χ4n) is 4.32. The maximum atomic E-state index is 13.3. The molecule has 2 fully saturated rings. The number of benzene rings is 1. The van der Waals surface area contributed by atoms with Gasteiger partial charge in [0.2, 0.25) is 5.91 Å². The number of amides is 1. The number of rotatable bonds is 5. The van der Waals surface area contributed by atoms with E-state index in [-0.39, 0.29) is 43.0 Å². The van der Waals surface area contributed by atoms with Crippen molar-refractivity contribution in [1.82, 2.24) is 9.80 Å². The maximum Gasteiger partial charge on any atom is 0.227 e. The van der Waals surface area contributed by atoms with Crippen LogP contribution in [0.3, 0.4) is 0 Å². The van der Waals surface area contributed by atoms with Crippen LogP contribution in [0, 0.1) is 23.5 Å². The van der Waals surface area contributed by atoms with E-state index in [1.165, 1.54) is 12.1 Å². The summed E-state index contributed by atoms with van der Waals surface area (Å²) in [6.45, 7) is 7.66. The van der Waals surface area contributed by atoms with Crippen molar-refractivity contribution in [3.05, 3.63) is 35.4 Å². The van der Waals surface area contributed by atoms with Crippen molar-refractivity contribution in [2.24, 2.45) is 11.8 Å². The monoisotopic (exact) mass is 382 g/mol. The van der Waals surface area contributed by atoms with E-state index in [2.05, 4.69) is 18.7 Å². The molecule has 7 heteroatoms. The third kappa shape index (κ3) is 5.24. The summed E-state index contributed by atoms with van der Waals surface area (Å²) in [4.78, 5) is 16.7. The second-order valence-corrected chi connectivity index (χ2v) is 7.93. The Labute approximate surface area is 158 Å². The topological polar surface area (TPSA) is 53.0 Å². The minimum Gasteiger partial charge on any atom is -0.396 e. The first-order valence-electron chi connectivity index (χ1n) is 9.55. The summed E-state index contributed by atoms with van der Waals surface area (Å²) in [6, 6.07) is 3.18. The zero-order chi connectivity index (χ0) is 19.6. The van der Waals surface area contributed by atoms with Crippen LogP contribution in [0.2, 0.25) is 0 Å². The molecule has 0 aromatic heterocycles. The van der Waals surface area contributed by atoms with E-state index in [4.69, 9.17) is 4.74 Å². The molecule has 0 saturated carbocycles. The van der Waals surface area contributed by atoms with Gasteiger partial charge in [-0.25, -0.2) is 8.78 Å². The van der Waals surface area contributed by atoms with Crippen LogP contribution in [-0.4, -0.2) is 72.4 Å². The van der Waals surface area contributed by atoms with E-state index < -0.39 is 11.6 Å². The van der Waals surface area contributed by atoms with Gasteiger partial charge in [-0.1, -0.05) is 0 Å². The van der Waals surface area contributed by atoms with E-state index >= 15 is 0 Å². The molecule has 0 bridgehead atoms. The molecule has 0 radical (unpaired) electrons.